The Balaban J connectivity index is 1.86. The number of hydrogen-bond donors (Lipinski definition) is 0. The minimum Gasteiger partial charge on any atom is -0.379 e. The van der Waals surface area contributed by atoms with E-state index in [1.165, 1.54) is 11.1 Å². The average molecular weight is 271 g/mol. The van der Waals surface area contributed by atoms with Gasteiger partial charge in [-0.25, -0.2) is 0 Å². The molecule has 1 saturated heterocycles. The highest BCUT2D eigenvalue weighted by molar-refractivity contribution is 9.08. The van der Waals surface area contributed by atoms with Crippen molar-refractivity contribution in [1.82, 2.24) is 0 Å². The first-order valence-corrected chi connectivity index (χ1v) is 6.34. The van der Waals surface area contributed by atoms with E-state index in [2.05, 4.69) is 40.2 Å². The van der Waals surface area contributed by atoms with Crippen LogP contribution in [0.25, 0.3) is 0 Å². The van der Waals surface area contributed by atoms with E-state index in [-0.39, 0.29) is 6.10 Å². The van der Waals surface area contributed by atoms with Crippen LogP contribution in [-0.4, -0.2) is 19.3 Å². The van der Waals surface area contributed by atoms with Gasteiger partial charge >= 0.3 is 0 Å². The number of halogens is 1. The van der Waals surface area contributed by atoms with Gasteiger partial charge in [-0.15, -0.1) is 0 Å². The van der Waals surface area contributed by atoms with Gasteiger partial charge in [-0.05, 0) is 17.5 Å². The van der Waals surface area contributed by atoms with E-state index in [0.717, 1.165) is 25.0 Å². The zero-order valence-corrected chi connectivity index (χ0v) is 10.2. The van der Waals surface area contributed by atoms with Crippen molar-refractivity contribution >= 4 is 15.9 Å². The monoisotopic (exact) mass is 270 g/mol. The van der Waals surface area contributed by atoms with Gasteiger partial charge < -0.3 is 9.47 Å². The van der Waals surface area contributed by atoms with Gasteiger partial charge in [0.1, 0.15) is 0 Å². The predicted molar refractivity (Wildman–Crippen MR) is 63.1 cm³/mol. The standard InChI is InChI=1S/C12H15BrO2/c13-7-10-2-1-3-11(6-10)8-15-12-4-5-14-9-12/h1-3,6,12H,4-5,7-9H2/t12-/m0/s1. The summed E-state index contributed by atoms with van der Waals surface area (Å²) < 4.78 is 11.0. The van der Waals surface area contributed by atoms with E-state index in [9.17, 15) is 0 Å². The number of alkyl halides is 1. The van der Waals surface area contributed by atoms with Crippen LogP contribution in [-0.2, 0) is 21.4 Å². The molecule has 0 aromatic heterocycles. The maximum Gasteiger partial charge on any atom is 0.0834 e. The Morgan fingerprint density at radius 1 is 1.40 bits per heavy atom. The summed E-state index contributed by atoms with van der Waals surface area (Å²) in [6.45, 7) is 2.28. The lowest BCUT2D eigenvalue weighted by Crippen LogP contribution is -2.11. The number of benzene rings is 1. The summed E-state index contributed by atoms with van der Waals surface area (Å²) >= 11 is 3.45. The van der Waals surface area contributed by atoms with Gasteiger partial charge in [0.05, 0.1) is 19.3 Å². The van der Waals surface area contributed by atoms with Crippen molar-refractivity contribution in [3.63, 3.8) is 0 Å². The number of hydrogen-bond acceptors (Lipinski definition) is 2. The van der Waals surface area contributed by atoms with Crippen molar-refractivity contribution in [1.29, 1.82) is 0 Å². The third-order valence-electron chi connectivity index (χ3n) is 2.52. The van der Waals surface area contributed by atoms with Crippen molar-refractivity contribution in [3.05, 3.63) is 35.4 Å². The molecular formula is C12H15BrO2. The summed E-state index contributed by atoms with van der Waals surface area (Å²) in [6.07, 6.45) is 1.32. The molecule has 1 heterocycles. The van der Waals surface area contributed by atoms with Crippen LogP contribution in [0.5, 0.6) is 0 Å². The SMILES string of the molecule is BrCc1cccc(CO[C@H]2CCOC2)c1. The Labute approximate surface area is 98.7 Å². The van der Waals surface area contributed by atoms with Gasteiger partial charge in [0.15, 0.2) is 0 Å². The molecule has 1 aliphatic rings. The molecular weight excluding hydrogens is 256 g/mol. The maximum atomic E-state index is 5.75. The molecule has 1 aromatic rings. The van der Waals surface area contributed by atoms with E-state index >= 15 is 0 Å². The molecule has 0 amide bonds. The third-order valence-corrected chi connectivity index (χ3v) is 3.17. The van der Waals surface area contributed by atoms with Crippen molar-refractivity contribution < 1.29 is 9.47 Å². The molecule has 0 N–H and O–H groups in total. The molecule has 3 heteroatoms. The lowest BCUT2D eigenvalue weighted by Gasteiger charge is -2.10. The Morgan fingerprint density at radius 3 is 3.00 bits per heavy atom. The molecule has 82 valence electrons. The Morgan fingerprint density at radius 2 is 2.27 bits per heavy atom. The van der Waals surface area contributed by atoms with E-state index in [1.54, 1.807) is 0 Å². The van der Waals surface area contributed by atoms with Gasteiger partial charge in [0.2, 0.25) is 0 Å². The molecule has 0 bridgehead atoms. The highest BCUT2D eigenvalue weighted by atomic mass is 79.9. The van der Waals surface area contributed by atoms with Crippen molar-refractivity contribution in [3.8, 4) is 0 Å². The second kappa shape index (κ2) is 5.64. The van der Waals surface area contributed by atoms with E-state index in [0.29, 0.717) is 6.61 Å². The minimum atomic E-state index is 0.289. The fourth-order valence-corrected chi connectivity index (χ4v) is 2.01. The molecule has 0 aliphatic carbocycles. The second-order valence-corrected chi connectivity index (χ2v) is 4.31. The minimum absolute atomic E-state index is 0.289. The molecule has 0 unspecified atom stereocenters. The summed E-state index contributed by atoms with van der Waals surface area (Å²) in [5.41, 5.74) is 2.53. The molecule has 1 aliphatic heterocycles. The van der Waals surface area contributed by atoms with Gasteiger partial charge in [0.25, 0.3) is 0 Å². The molecule has 1 aromatic carbocycles. The van der Waals surface area contributed by atoms with Crippen LogP contribution < -0.4 is 0 Å². The van der Waals surface area contributed by atoms with Crippen LogP contribution >= 0.6 is 15.9 Å². The van der Waals surface area contributed by atoms with E-state index in [1.807, 2.05) is 0 Å². The predicted octanol–water partition coefficient (Wildman–Crippen LogP) is 2.89. The largest absolute Gasteiger partial charge is 0.379 e. The molecule has 0 radical (unpaired) electrons. The smallest absolute Gasteiger partial charge is 0.0834 e. The van der Waals surface area contributed by atoms with Crippen LogP contribution in [0.1, 0.15) is 17.5 Å². The van der Waals surface area contributed by atoms with E-state index < -0.39 is 0 Å². The van der Waals surface area contributed by atoms with Crippen LogP contribution in [0.2, 0.25) is 0 Å². The van der Waals surface area contributed by atoms with Crippen LogP contribution in [0.3, 0.4) is 0 Å². The highest BCUT2D eigenvalue weighted by Gasteiger charge is 2.15. The first-order valence-electron chi connectivity index (χ1n) is 5.21. The molecule has 1 atom stereocenters. The summed E-state index contributed by atoms with van der Waals surface area (Å²) in [6, 6.07) is 8.45. The summed E-state index contributed by atoms with van der Waals surface area (Å²) in [7, 11) is 0. The highest BCUT2D eigenvalue weighted by Crippen LogP contribution is 2.13. The summed E-state index contributed by atoms with van der Waals surface area (Å²) in [4.78, 5) is 0. The van der Waals surface area contributed by atoms with Gasteiger partial charge in [-0.1, -0.05) is 40.2 Å². The van der Waals surface area contributed by atoms with Gasteiger partial charge in [0, 0.05) is 11.9 Å². The summed E-state index contributed by atoms with van der Waals surface area (Å²) in [5, 5.41) is 0.896. The van der Waals surface area contributed by atoms with Crippen molar-refractivity contribution in [2.45, 2.75) is 24.5 Å². The molecule has 2 rings (SSSR count). The molecule has 0 saturated carbocycles. The van der Waals surface area contributed by atoms with Gasteiger partial charge in [-0.3, -0.25) is 0 Å². The first-order chi connectivity index (χ1) is 7.38. The lowest BCUT2D eigenvalue weighted by atomic mass is 10.1. The number of rotatable bonds is 4. The quantitative estimate of drug-likeness (QED) is 0.784. The van der Waals surface area contributed by atoms with E-state index in [4.69, 9.17) is 9.47 Å². The Kier molecular flexibility index (Phi) is 4.18. The van der Waals surface area contributed by atoms with Gasteiger partial charge in [-0.2, -0.15) is 0 Å². The molecule has 2 nitrogen and oxygen atoms in total. The normalized spacial score (nSPS) is 20.7. The van der Waals surface area contributed by atoms with Crippen LogP contribution in [0, 0.1) is 0 Å². The zero-order chi connectivity index (χ0) is 10.5. The first kappa shape index (κ1) is 11.1. The molecule has 1 fully saturated rings. The average Bonchev–Trinajstić information content (AvgIpc) is 2.79. The summed E-state index contributed by atoms with van der Waals surface area (Å²) in [5.74, 6) is 0. The number of ether oxygens (including phenoxy) is 2. The molecule has 15 heavy (non-hydrogen) atoms. The van der Waals surface area contributed by atoms with Crippen LogP contribution in [0.15, 0.2) is 24.3 Å². The fourth-order valence-electron chi connectivity index (χ4n) is 1.66. The fraction of sp³-hybridized carbons (Fsp3) is 0.500. The van der Waals surface area contributed by atoms with Crippen molar-refractivity contribution in [2.24, 2.45) is 0 Å². The third kappa shape index (κ3) is 3.30. The zero-order valence-electron chi connectivity index (χ0n) is 8.62. The Bertz CT molecular complexity index is 308. The van der Waals surface area contributed by atoms with Crippen molar-refractivity contribution in [2.75, 3.05) is 13.2 Å². The van der Waals surface area contributed by atoms with Crippen LogP contribution in [0.4, 0.5) is 0 Å². The Hall–Kier alpha value is -0.380. The molecule has 0 spiro atoms. The maximum absolute atomic E-state index is 5.75. The second-order valence-electron chi connectivity index (χ2n) is 3.75. The lowest BCUT2D eigenvalue weighted by molar-refractivity contribution is 0.0317. The topological polar surface area (TPSA) is 18.5 Å².